The summed E-state index contributed by atoms with van der Waals surface area (Å²) < 4.78 is 0. The number of hydrogen-bond acceptors (Lipinski definition) is 3. The molecule has 1 N–H and O–H groups in total. The van der Waals surface area contributed by atoms with Crippen molar-refractivity contribution in [2.45, 2.75) is 12.8 Å². The number of nitrogens with zero attached hydrogens (tertiary/aromatic N) is 3. The fourth-order valence-electron chi connectivity index (χ4n) is 1.64. The minimum Gasteiger partial charge on any atom is -0.311 e. The van der Waals surface area contributed by atoms with E-state index in [-0.39, 0.29) is 0 Å². The van der Waals surface area contributed by atoms with Gasteiger partial charge in [0, 0.05) is 13.0 Å². The number of hydrazone groups is 1. The Morgan fingerprint density at radius 3 is 2.54 bits per heavy atom. The minimum absolute atomic E-state index is 0.487. The Kier molecular flexibility index (Phi) is 3.89. The van der Waals surface area contributed by atoms with E-state index in [1.54, 1.807) is 7.05 Å². The average molecular weight is 182 g/mol. The molecule has 1 fully saturated rings. The molecule has 0 aliphatic carbocycles. The monoisotopic (exact) mass is 182 g/mol. The van der Waals surface area contributed by atoms with Crippen molar-refractivity contribution in [2.24, 2.45) is 16.0 Å². The van der Waals surface area contributed by atoms with E-state index in [2.05, 4.69) is 34.2 Å². The predicted octanol–water partition coefficient (Wildman–Crippen LogP) is 0.562. The summed E-state index contributed by atoms with van der Waals surface area (Å²) in [5.74, 6) is 1.34. The second-order valence-electron chi connectivity index (χ2n) is 3.43. The molecule has 0 atom stereocenters. The smallest absolute Gasteiger partial charge is 0.150 e. The second-order valence-corrected chi connectivity index (χ2v) is 3.43. The van der Waals surface area contributed by atoms with Crippen LogP contribution in [0.15, 0.2) is 10.1 Å². The summed E-state index contributed by atoms with van der Waals surface area (Å²) in [6.45, 7) is 5.80. The van der Waals surface area contributed by atoms with Gasteiger partial charge in [0.2, 0.25) is 0 Å². The highest BCUT2D eigenvalue weighted by Crippen LogP contribution is 2.17. The Labute approximate surface area is 79.7 Å². The van der Waals surface area contributed by atoms with Gasteiger partial charge >= 0.3 is 0 Å². The van der Waals surface area contributed by atoms with E-state index < -0.39 is 0 Å². The lowest BCUT2D eigenvalue weighted by Crippen LogP contribution is -2.33. The van der Waals surface area contributed by atoms with Gasteiger partial charge in [0.1, 0.15) is 0 Å². The first kappa shape index (κ1) is 10.2. The van der Waals surface area contributed by atoms with Crippen LogP contribution in [0.4, 0.5) is 0 Å². The van der Waals surface area contributed by atoms with Crippen LogP contribution in [0.2, 0.25) is 0 Å². The molecule has 4 nitrogen and oxygen atoms in total. The quantitative estimate of drug-likeness (QED) is 0.385. The maximum atomic E-state index is 4.11. The number of rotatable bonds is 2. The first-order valence-electron chi connectivity index (χ1n) is 4.67. The van der Waals surface area contributed by atoms with Crippen molar-refractivity contribution in [3.05, 3.63) is 0 Å². The molecular formula is C9H18N4. The third-order valence-electron chi connectivity index (χ3n) is 2.47. The highest BCUT2D eigenvalue weighted by Gasteiger charge is 2.20. The van der Waals surface area contributed by atoms with Crippen LogP contribution in [-0.2, 0) is 0 Å². The molecule has 1 saturated heterocycles. The third kappa shape index (κ3) is 2.81. The molecule has 0 spiro atoms. The largest absolute Gasteiger partial charge is 0.311 e. The molecule has 1 heterocycles. The van der Waals surface area contributed by atoms with Gasteiger partial charge in [-0.1, -0.05) is 0 Å². The Morgan fingerprint density at radius 1 is 1.46 bits per heavy atom. The van der Waals surface area contributed by atoms with Crippen molar-refractivity contribution in [2.75, 3.05) is 27.2 Å². The molecule has 1 rings (SSSR count). The van der Waals surface area contributed by atoms with Gasteiger partial charge in [0.15, 0.2) is 5.84 Å². The molecule has 0 unspecified atom stereocenters. The molecule has 1 aliphatic rings. The molecule has 74 valence electrons. The number of hydrogen-bond donors (Lipinski definition) is 1. The van der Waals surface area contributed by atoms with E-state index in [4.69, 9.17) is 0 Å². The third-order valence-corrected chi connectivity index (χ3v) is 2.47. The topological polar surface area (TPSA) is 40.0 Å². The van der Waals surface area contributed by atoms with Gasteiger partial charge in [-0.25, -0.2) is 4.99 Å². The zero-order valence-electron chi connectivity index (χ0n) is 8.45. The fraction of sp³-hybridized carbons (Fsp3) is 0.778. The first-order chi connectivity index (χ1) is 6.27. The van der Waals surface area contributed by atoms with Gasteiger partial charge in [-0.15, -0.1) is 0 Å². The molecule has 4 heteroatoms. The summed E-state index contributed by atoms with van der Waals surface area (Å²) >= 11 is 0. The number of amidine groups is 1. The molecule has 0 aromatic rings. The van der Waals surface area contributed by atoms with Crippen molar-refractivity contribution in [3.63, 3.8) is 0 Å². The lowest BCUT2D eigenvalue weighted by Gasteiger charge is -2.28. The van der Waals surface area contributed by atoms with Gasteiger partial charge in [-0.3, -0.25) is 0 Å². The van der Waals surface area contributed by atoms with Crippen LogP contribution in [-0.4, -0.2) is 44.6 Å². The number of piperidine rings is 1. The normalized spacial score (nSPS) is 21.5. The average Bonchev–Trinajstić information content (AvgIpc) is 2.16. The zero-order valence-corrected chi connectivity index (χ0v) is 8.45. The lowest BCUT2D eigenvalue weighted by molar-refractivity contribution is 0.251. The molecule has 0 amide bonds. The summed E-state index contributed by atoms with van der Waals surface area (Å²) in [7, 11) is 3.94. The molecule has 0 saturated carbocycles. The molecule has 0 aromatic heterocycles. The maximum absolute atomic E-state index is 4.11. The van der Waals surface area contributed by atoms with Gasteiger partial charge in [0.25, 0.3) is 0 Å². The molecule has 0 aromatic carbocycles. The fourth-order valence-corrected chi connectivity index (χ4v) is 1.64. The Balaban J connectivity index is 2.51. The number of aliphatic imine (C=N–C) groups is 1. The van der Waals surface area contributed by atoms with Gasteiger partial charge in [-0.05, 0) is 39.7 Å². The SMILES string of the molecule is C=N/C(=N\NC)C1CCN(C)CC1. The van der Waals surface area contributed by atoms with E-state index in [1.807, 2.05) is 0 Å². The van der Waals surface area contributed by atoms with Gasteiger partial charge in [-0.2, -0.15) is 5.10 Å². The van der Waals surface area contributed by atoms with Crippen LogP contribution in [0, 0.1) is 5.92 Å². The van der Waals surface area contributed by atoms with Crippen LogP contribution in [0.1, 0.15) is 12.8 Å². The summed E-state index contributed by atoms with van der Waals surface area (Å²) in [4.78, 5) is 6.28. The van der Waals surface area contributed by atoms with Gasteiger partial charge < -0.3 is 10.3 Å². The van der Waals surface area contributed by atoms with Crippen molar-refractivity contribution in [1.82, 2.24) is 10.3 Å². The van der Waals surface area contributed by atoms with E-state index in [9.17, 15) is 0 Å². The van der Waals surface area contributed by atoms with Crippen molar-refractivity contribution in [3.8, 4) is 0 Å². The highest BCUT2D eigenvalue weighted by atomic mass is 15.3. The van der Waals surface area contributed by atoms with Crippen LogP contribution < -0.4 is 5.43 Å². The first-order valence-corrected chi connectivity index (χ1v) is 4.67. The van der Waals surface area contributed by atoms with Gasteiger partial charge in [0.05, 0.1) is 0 Å². The minimum atomic E-state index is 0.487. The summed E-state index contributed by atoms with van der Waals surface area (Å²) in [5, 5.41) is 4.11. The standard InChI is InChI=1S/C9H18N4/c1-10-9(12-11-2)8-4-6-13(3)7-5-8/h8,11H,1,4-7H2,2-3H3/b12-9-. The summed E-state index contributed by atoms with van der Waals surface area (Å²) in [6.07, 6.45) is 2.27. The van der Waals surface area contributed by atoms with Crippen molar-refractivity contribution < 1.29 is 0 Å². The summed E-state index contributed by atoms with van der Waals surface area (Å²) in [5.41, 5.74) is 2.77. The highest BCUT2D eigenvalue weighted by molar-refractivity contribution is 5.88. The number of nitrogens with one attached hydrogen (secondary N) is 1. The Hall–Kier alpha value is -0.900. The molecule has 0 bridgehead atoms. The van der Waals surface area contributed by atoms with Crippen LogP contribution in [0.25, 0.3) is 0 Å². The Bertz CT molecular complexity index is 192. The van der Waals surface area contributed by atoms with E-state index in [1.165, 1.54) is 0 Å². The predicted molar refractivity (Wildman–Crippen MR) is 56.3 cm³/mol. The Morgan fingerprint density at radius 2 is 2.08 bits per heavy atom. The summed E-state index contributed by atoms with van der Waals surface area (Å²) in [6, 6.07) is 0. The molecular weight excluding hydrogens is 164 g/mol. The van der Waals surface area contributed by atoms with Crippen LogP contribution >= 0.6 is 0 Å². The van der Waals surface area contributed by atoms with E-state index in [0.29, 0.717) is 5.92 Å². The number of likely N-dealkylation sites (tertiary alicyclic amines) is 1. The molecule has 13 heavy (non-hydrogen) atoms. The van der Waals surface area contributed by atoms with E-state index in [0.717, 1.165) is 31.8 Å². The maximum Gasteiger partial charge on any atom is 0.150 e. The van der Waals surface area contributed by atoms with Crippen molar-refractivity contribution in [1.29, 1.82) is 0 Å². The lowest BCUT2D eigenvalue weighted by atomic mass is 9.96. The second kappa shape index (κ2) is 4.97. The van der Waals surface area contributed by atoms with E-state index >= 15 is 0 Å². The van der Waals surface area contributed by atoms with Crippen LogP contribution in [0.3, 0.4) is 0 Å². The zero-order chi connectivity index (χ0) is 9.68. The molecule has 0 radical (unpaired) electrons. The van der Waals surface area contributed by atoms with Crippen LogP contribution in [0.5, 0.6) is 0 Å². The van der Waals surface area contributed by atoms with Crippen molar-refractivity contribution >= 4 is 12.6 Å². The molecule has 1 aliphatic heterocycles.